The average molecular weight is 440 g/mol. The number of amides is 1. The number of fused-ring (bicyclic) bond motifs is 1. The van der Waals surface area contributed by atoms with Gasteiger partial charge in [0, 0.05) is 11.3 Å². The summed E-state index contributed by atoms with van der Waals surface area (Å²) >= 11 is 6.36. The van der Waals surface area contributed by atoms with E-state index >= 15 is 0 Å². The Labute approximate surface area is 187 Å². The van der Waals surface area contributed by atoms with Crippen LogP contribution in [-0.2, 0) is 19.4 Å². The number of rotatable bonds is 8. The number of aromatic nitrogens is 2. The standard InChI is InChI=1S/C24H26ClN3O3/c1-3-12-31-23-19(25)13-16(14-22(23)30-2)24(29)26-15-20-18-10-7-11-21(18)28(27-20)17-8-5-4-6-9-17/h4-6,8-9,13-14H,3,7,10-12,15H2,1-2H3,(H,26,29). The molecule has 1 aliphatic rings. The van der Waals surface area contributed by atoms with Gasteiger partial charge in [0.2, 0.25) is 0 Å². The fourth-order valence-electron chi connectivity index (χ4n) is 3.90. The second-order valence-corrected chi connectivity index (χ2v) is 7.90. The van der Waals surface area contributed by atoms with Crippen molar-refractivity contribution in [1.82, 2.24) is 15.1 Å². The van der Waals surface area contributed by atoms with Gasteiger partial charge in [0.05, 0.1) is 36.7 Å². The molecule has 0 saturated carbocycles. The van der Waals surface area contributed by atoms with E-state index in [1.54, 1.807) is 12.1 Å². The Morgan fingerprint density at radius 2 is 2.03 bits per heavy atom. The highest BCUT2D eigenvalue weighted by molar-refractivity contribution is 6.32. The molecule has 162 valence electrons. The fourth-order valence-corrected chi connectivity index (χ4v) is 4.17. The first-order chi connectivity index (χ1) is 15.1. The second kappa shape index (κ2) is 9.43. The van der Waals surface area contributed by atoms with E-state index in [-0.39, 0.29) is 5.91 Å². The molecule has 6 nitrogen and oxygen atoms in total. The number of benzene rings is 2. The molecule has 2 aromatic carbocycles. The lowest BCUT2D eigenvalue weighted by Gasteiger charge is -2.13. The quantitative estimate of drug-likeness (QED) is 0.550. The minimum atomic E-state index is -0.233. The lowest BCUT2D eigenvalue weighted by Crippen LogP contribution is -2.23. The van der Waals surface area contributed by atoms with E-state index in [1.165, 1.54) is 18.4 Å². The lowest BCUT2D eigenvalue weighted by molar-refractivity contribution is 0.0950. The summed E-state index contributed by atoms with van der Waals surface area (Å²) in [6.07, 6.45) is 3.93. The van der Waals surface area contributed by atoms with Crippen LogP contribution in [0.1, 0.15) is 47.1 Å². The van der Waals surface area contributed by atoms with Crippen LogP contribution in [0, 0.1) is 0 Å². The molecule has 1 aromatic heterocycles. The second-order valence-electron chi connectivity index (χ2n) is 7.49. The van der Waals surface area contributed by atoms with Crippen molar-refractivity contribution in [2.24, 2.45) is 0 Å². The summed E-state index contributed by atoms with van der Waals surface area (Å²) in [6, 6.07) is 13.4. The number of halogens is 1. The number of methoxy groups -OCH3 is 1. The van der Waals surface area contributed by atoms with Crippen LogP contribution in [0.15, 0.2) is 42.5 Å². The summed E-state index contributed by atoms with van der Waals surface area (Å²) in [5.41, 5.74) is 4.84. The van der Waals surface area contributed by atoms with Crippen LogP contribution < -0.4 is 14.8 Å². The van der Waals surface area contributed by atoms with E-state index < -0.39 is 0 Å². The minimum Gasteiger partial charge on any atom is -0.493 e. The summed E-state index contributed by atoms with van der Waals surface area (Å²) in [6.45, 7) is 2.89. The molecule has 0 aliphatic heterocycles. The van der Waals surface area contributed by atoms with Gasteiger partial charge in [-0.3, -0.25) is 4.79 Å². The molecule has 0 unspecified atom stereocenters. The van der Waals surface area contributed by atoms with Crippen LogP contribution in [0.4, 0.5) is 0 Å². The van der Waals surface area contributed by atoms with Crippen LogP contribution in [0.5, 0.6) is 11.5 Å². The maximum Gasteiger partial charge on any atom is 0.251 e. The average Bonchev–Trinajstić information content (AvgIpc) is 3.40. The van der Waals surface area contributed by atoms with Crippen molar-refractivity contribution in [1.29, 1.82) is 0 Å². The van der Waals surface area contributed by atoms with E-state index in [1.807, 2.05) is 41.9 Å². The van der Waals surface area contributed by atoms with Crippen LogP contribution in [-0.4, -0.2) is 29.4 Å². The Kier molecular flexibility index (Phi) is 6.47. The Balaban J connectivity index is 1.53. The summed E-state index contributed by atoms with van der Waals surface area (Å²) in [5.74, 6) is 0.672. The van der Waals surface area contributed by atoms with Gasteiger partial charge in [0.25, 0.3) is 5.91 Å². The highest BCUT2D eigenvalue weighted by Gasteiger charge is 2.24. The lowest BCUT2D eigenvalue weighted by atomic mass is 10.1. The van der Waals surface area contributed by atoms with E-state index in [4.69, 9.17) is 26.2 Å². The number of ether oxygens (including phenoxy) is 2. The van der Waals surface area contributed by atoms with Crippen molar-refractivity contribution in [2.75, 3.05) is 13.7 Å². The number of carbonyl (C=O) groups excluding carboxylic acids is 1. The van der Waals surface area contributed by atoms with Gasteiger partial charge in [-0.15, -0.1) is 0 Å². The topological polar surface area (TPSA) is 65.4 Å². The van der Waals surface area contributed by atoms with Crippen LogP contribution in [0.2, 0.25) is 5.02 Å². The smallest absolute Gasteiger partial charge is 0.251 e. The molecule has 0 saturated heterocycles. The molecule has 1 amide bonds. The summed E-state index contributed by atoms with van der Waals surface area (Å²) in [7, 11) is 1.53. The van der Waals surface area contributed by atoms with Gasteiger partial charge in [0.15, 0.2) is 11.5 Å². The third kappa shape index (κ3) is 4.39. The number of carbonyl (C=O) groups is 1. The first-order valence-electron chi connectivity index (χ1n) is 10.6. The third-order valence-electron chi connectivity index (χ3n) is 5.37. The minimum absolute atomic E-state index is 0.233. The first kappa shape index (κ1) is 21.2. The predicted molar refractivity (Wildman–Crippen MR) is 121 cm³/mol. The number of hydrogen-bond donors (Lipinski definition) is 1. The van der Waals surface area contributed by atoms with Gasteiger partial charge in [-0.1, -0.05) is 36.7 Å². The number of nitrogens with one attached hydrogen (secondary N) is 1. The molecule has 3 aromatic rings. The van der Waals surface area contributed by atoms with Gasteiger partial charge >= 0.3 is 0 Å². The molecule has 1 heterocycles. The predicted octanol–water partition coefficient (Wildman–Crippen LogP) is 4.74. The monoisotopic (exact) mass is 439 g/mol. The summed E-state index contributed by atoms with van der Waals surface area (Å²) in [5, 5.41) is 8.13. The Bertz CT molecular complexity index is 1080. The van der Waals surface area contributed by atoms with Gasteiger partial charge in [-0.25, -0.2) is 4.68 Å². The molecule has 0 fully saturated rings. The van der Waals surface area contributed by atoms with Gasteiger partial charge in [-0.2, -0.15) is 5.10 Å². The van der Waals surface area contributed by atoms with Crippen LogP contribution in [0.3, 0.4) is 0 Å². The molecule has 7 heteroatoms. The van der Waals surface area contributed by atoms with Gasteiger partial charge in [0.1, 0.15) is 0 Å². The van der Waals surface area contributed by atoms with Gasteiger partial charge < -0.3 is 14.8 Å². The maximum atomic E-state index is 12.8. The highest BCUT2D eigenvalue weighted by atomic mass is 35.5. The Morgan fingerprint density at radius 3 is 2.77 bits per heavy atom. The van der Waals surface area contributed by atoms with E-state index in [0.29, 0.717) is 35.2 Å². The molecule has 0 atom stereocenters. The van der Waals surface area contributed by atoms with E-state index in [2.05, 4.69) is 5.32 Å². The molecule has 1 aliphatic carbocycles. The number of para-hydroxylation sites is 1. The molecule has 1 N–H and O–H groups in total. The Hall–Kier alpha value is -2.99. The molecule has 0 bridgehead atoms. The third-order valence-corrected chi connectivity index (χ3v) is 5.65. The van der Waals surface area contributed by atoms with E-state index in [0.717, 1.165) is 37.1 Å². The van der Waals surface area contributed by atoms with Crippen molar-refractivity contribution in [3.8, 4) is 17.2 Å². The van der Waals surface area contributed by atoms with Crippen molar-refractivity contribution >= 4 is 17.5 Å². The number of hydrogen-bond acceptors (Lipinski definition) is 4. The van der Waals surface area contributed by atoms with Crippen LogP contribution in [0.25, 0.3) is 5.69 Å². The molecule has 4 rings (SSSR count). The number of nitrogens with zero attached hydrogens (tertiary/aromatic N) is 2. The fraction of sp³-hybridized carbons (Fsp3) is 0.333. The van der Waals surface area contributed by atoms with Crippen molar-refractivity contribution < 1.29 is 14.3 Å². The summed E-state index contributed by atoms with van der Waals surface area (Å²) in [4.78, 5) is 12.8. The zero-order valence-electron chi connectivity index (χ0n) is 17.8. The molecular formula is C24H26ClN3O3. The van der Waals surface area contributed by atoms with Crippen molar-refractivity contribution in [2.45, 2.75) is 39.2 Å². The largest absolute Gasteiger partial charge is 0.493 e. The molecule has 0 radical (unpaired) electrons. The zero-order valence-corrected chi connectivity index (χ0v) is 18.5. The highest BCUT2D eigenvalue weighted by Crippen LogP contribution is 2.36. The summed E-state index contributed by atoms with van der Waals surface area (Å²) < 4.78 is 13.1. The SMILES string of the molecule is CCCOc1c(Cl)cc(C(=O)NCc2nn(-c3ccccc3)c3c2CCC3)cc1OC. The van der Waals surface area contributed by atoms with Crippen molar-refractivity contribution in [3.63, 3.8) is 0 Å². The van der Waals surface area contributed by atoms with Gasteiger partial charge in [-0.05, 0) is 55.5 Å². The Morgan fingerprint density at radius 1 is 1.23 bits per heavy atom. The molecular weight excluding hydrogens is 414 g/mol. The molecule has 31 heavy (non-hydrogen) atoms. The zero-order chi connectivity index (χ0) is 21.8. The first-order valence-corrected chi connectivity index (χ1v) is 10.9. The van der Waals surface area contributed by atoms with Crippen LogP contribution >= 0.6 is 11.6 Å². The normalized spacial score (nSPS) is 12.5. The molecule has 0 spiro atoms. The van der Waals surface area contributed by atoms with E-state index in [9.17, 15) is 4.79 Å². The maximum absolute atomic E-state index is 12.8. The van der Waals surface area contributed by atoms with Crippen molar-refractivity contribution in [3.05, 3.63) is 70.0 Å².